The molecule has 2 aliphatic rings. The Bertz CT molecular complexity index is 830. The monoisotopic (exact) mass is 365 g/mol. The largest absolute Gasteiger partial charge is 0.394 e. The summed E-state index contributed by atoms with van der Waals surface area (Å²) in [6.07, 6.45) is 2.22. The molecule has 1 aliphatic heterocycles. The van der Waals surface area contributed by atoms with Gasteiger partial charge in [-0.15, -0.1) is 0 Å². The van der Waals surface area contributed by atoms with E-state index in [4.69, 9.17) is 4.74 Å². The van der Waals surface area contributed by atoms with Crippen LogP contribution < -0.4 is 10.9 Å². The van der Waals surface area contributed by atoms with E-state index >= 15 is 0 Å². The first-order valence-corrected chi connectivity index (χ1v) is 8.94. The first-order valence-electron chi connectivity index (χ1n) is 8.94. The minimum atomic E-state index is -1.28. The maximum atomic E-state index is 12.1. The standard InChI is InChI=1S/C16H23N5O5/c22-6-9-11(23)12(24)15(26-9)21-13-10(14(25)18-7-17-13)20-16(21)19-8-4-2-1-3-5-8/h7-9,11-12,15,22-24H,1-6H2,(H,19,20)(H,17,18,25). The third-order valence-corrected chi connectivity index (χ3v) is 5.19. The van der Waals surface area contributed by atoms with Gasteiger partial charge in [0.15, 0.2) is 17.4 Å². The number of aliphatic hydroxyl groups is 3. The maximum Gasteiger partial charge on any atom is 0.278 e. The molecular formula is C16H23N5O5. The Kier molecular flexibility index (Phi) is 4.65. The molecule has 0 spiro atoms. The van der Waals surface area contributed by atoms with Crippen molar-refractivity contribution in [2.45, 2.75) is 62.7 Å². The zero-order valence-electron chi connectivity index (χ0n) is 14.2. The van der Waals surface area contributed by atoms with Gasteiger partial charge in [0.05, 0.1) is 12.9 Å². The van der Waals surface area contributed by atoms with E-state index in [0.717, 1.165) is 25.7 Å². The molecule has 1 aliphatic carbocycles. The van der Waals surface area contributed by atoms with Crippen LogP contribution in [0.25, 0.3) is 11.2 Å². The number of anilines is 1. The van der Waals surface area contributed by atoms with Crippen molar-refractivity contribution in [3.63, 3.8) is 0 Å². The van der Waals surface area contributed by atoms with Crippen molar-refractivity contribution in [2.24, 2.45) is 0 Å². The molecule has 2 fully saturated rings. The lowest BCUT2D eigenvalue weighted by atomic mass is 9.96. The summed E-state index contributed by atoms with van der Waals surface area (Å²) in [4.78, 5) is 23.2. The molecule has 26 heavy (non-hydrogen) atoms. The number of hydrogen-bond acceptors (Lipinski definition) is 8. The second kappa shape index (κ2) is 6.95. The fourth-order valence-corrected chi connectivity index (χ4v) is 3.79. The van der Waals surface area contributed by atoms with Gasteiger partial charge in [0.2, 0.25) is 5.95 Å². The lowest BCUT2D eigenvalue weighted by molar-refractivity contribution is -0.0502. The van der Waals surface area contributed by atoms with Crippen molar-refractivity contribution in [1.29, 1.82) is 0 Å². The first kappa shape index (κ1) is 17.4. The van der Waals surface area contributed by atoms with Crippen LogP contribution in [0.15, 0.2) is 11.1 Å². The van der Waals surface area contributed by atoms with Crippen molar-refractivity contribution in [3.05, 3.63) is 16.7 Å². The van der Waals surface area contributed by atoms with Gasteiger partial charge in [0.1, 0.15) is 18.3 Å². The van der Waals surface area contributed by atoms with E-state index in [1.807, 2.05) is 0 Å². The molecule has 2 aromatic heterocycles. The van der Waals surface area contributed by atoms with E-state index in [1.165, 1.54) is 17.3 Å². The fourth-order valence-electron chi connectivity index (χ4n) is 3.79. The molecule has 5 N–H and O–H groups in total. The molecule has 3 heterocycles. The Morgan fingerprint density at radius 2 is 2.04 bits per heavy atom. The quantitative estimate of drug-likeness (QED) is 0.486. The predicted octanol–water partition coefficient (Wildman–Crippen LogP) is -0.524. The number of ether oxygens (including phenoxy) is 1. The Morgan fingerprint density at radius 3 is 2.73 bits per heavy atom. The summed E-state index contributed by atoms with van der Waals surface area (Å²) in [5, 5.41) is 33.2. The van der Waals surface area contributed by atoms with Crippen LogP contribution >= 0.6 is 0 Å². The van der Waals surface area contributed by atoms with Gasteiger partial charge < -0.3 is 30.4 Å². The van der Waals surface area contributed by atoms with E-state index in [2.05, 4.69) is 20.3 Å². The molecule has 4 rings (SSSR count). The van der Waals surface area contributed by atoms with Crippen LogP contribution in [0.4, 0.5) is 5.95 Å². The van der Waals surface area contributed by atoms with E-state index in [9.17, 15) is 20.1 Å². The number of aliphatic hydroxyl groups excluding tert-OH is 3. The molecule has 0 aromatic carbocycles. The topological polar surface area (TPSA) is 146 Å². The van der Waals surface area contributed by atoms with Crippen LogP contribution in [0.3, 0.4) is 0 Å². The predicted molar refractivity (Wildman–Crippen MR) is 91.7 cm³/mol. The Morgan fingerprint density at radius 1 is 1.27 bits per heavy atom. The maximum absolute atomic E-state index is 12.1. The van der Waals surface area contributed by atoms with Gasteiger partial charge in [-0.05, 0) is 12.8 Å². The van der Waals surface area contributed by atoms with Crippen LogP contribution in [-0.2, 0) is 4.74 Å². The number of nitrogens with zero attached hydrogens (tertiary/aromatic N) is 3. The zero-order valence-corrected chi connectivity index (χ0v) is 14.2. The fraction of sp³-hybridized carbons (Fsp3) is 0.688. The highest BCUT2D eigenvalue weighted by atomic mass is 16.6. The number of rotatable bonds is 4. The number of hydrogen-bond donors (Lipinski definition) is 5. The minimum absolute atomic E-state index is 0.128. The van der Waals surface area contributed by atoms with Crippen LogP contribution in [0.2, 0.25) is 0 Å². The van der Waals surface area contributed by atoms with E-state index in [0.29, 0.717) is 5.95 Å². The van der Waals surface area contributed by atoms with Gasteiger partial charge >= 0.3 is 0 Å². The molecule has 1 saturated carbocycles. The highest BCUT2D eigenvalue weighted by molar-refractivity contribution is 5.73. The van der Waals surface area contributed by atoms with Crippen LogP contribution in [0.5, 0.6) is 0 Å². The molecule has 4 unspecified atom stereocenters. The second-order valence-electron chi connectivity index (χ2n) is 6.92. The van der Waals surface area contributed by atoms with Crippen molar-refractivity contribution in [1.82, 2.24) is 19.5 Å². The van der Waals surface area contributed by atoms with Crippen molar-refractivity contribution < 1.29 is 20.1 Å². The highest BCUT2D eigenvalue weighted by Gasteiger charge is 2.45. The first-order chi connectivity index (χ1) is 12.6. The molecule has 10 heteroatoms. The van der Waals surface area contributed by atoms with Crippen molar-refractivity contribution in [2.75, 3.05) is 11.9 Å². The zero-order chi connectivity index (χ0) is 18.3. The lowest BCUT2D eigenvalue weighted by Crippen LogP contribution is -2.33. The molecule has 2 aromatic rings. The Balaban J connectivity index is 1.77. The van der Waals surface area contributed by atoms with Gasteiger partial charge in [0, 0.05) is 6.04 Å². The summed E-state index contributed by atoms with van der Waals surface area (Å²) in [7, 11) is 0. The van der Waals surface area contributed by atoms with Crippen LogP contribution in [0, 0.1) is 0 Å². The summed E-state index contributed by atoms with van der Waals surface area (Å²) in [6, 6.07) is 0.204. The molecule has 4 atom stereocenters. The summed E-state index contributed by atoms with van der Waals surface area (Å²) in [5.74, 6) is 0.367. The summed E-state index contributed by atoms with van der Waals surface area (Å²) < 4.78 is 7.14. The Hall–Kier alpha value is -2.01. The number of aromatic nitrogens is 4. The van der Waals surface area contributed by atoms with Gasteiger partial charge in [-0.1, -0.05) is 19.3 Å². The number of aromatic amines is 1. The third-order valence-electron chi connectivity index (χ3n) is 5.19. The molecule has 0 amide bonds. The van der Waals surface area contributed by atoms with Gasteiger partial charge in [-0.3, -0.25) is 9.36 Å². The van der Waals surface area contributed by atoms with E-state index < -0.39 is 36.7 Å². The van der Waals surface area contributed by atoms with Gasteiger partial charge in [-0.2, -0.15) is 0 Å². The molecule has 142 valence electrons. The highest BCUT2D eigenvalue weighted by Crippen LogP contribution is 2.34. The average molecular weight is 365 g/mol. The molecular weight excluding hydrogens is 342 g/mol. The summed E-state index contributed by atoms with van der Waals surface area (Å²) in [6.45, 7) is -0.430. The SMILES string of the molecule is O=c1[nH]cnc2c1nc(NC1CCCCC1)n2C1OC(CO)C(O)C1O. The second-order valence-corrected chi connectivity index (χ2v) is 6.92. The van der Waals surface area contributed by atoms with Gasteiger partial charge in [0.25, 0.3) is 5.56 Å². The summed E-state index contributed by atoms with van der Waals surface area (Å²) in [5.41, 5.74) is -0.0161. The molecule has 10 nitrogen and oxygen atoms in total. The molecule has 0 bridgehead atoms. The van der Waals surface area contributed by atoms with Crippen LogP contribution in [-0.4, -0.2) is 65.8 Å². The van der Waals surface area contributed by atoms with Crippen molar-refractivity contribution in [3.8, 4) is 0 Å². The van der Waals surface area contributed by atoms with Crippen LogP contribution in [0.1, 0.15) is 38.3 Å². The normalized spacial score (nSPS) is 30.1. The smallest absolute Gasteiger partial charge is 0.278 e. The number of nitrogens with one attached hydrogen (secondary N) is 2. The number of imidazole rings is 1. The number of fused-ring (bicyclic) bond motifs is 1. The summed E-state index contributed by atoms with van der Waals surface area (Å²) >= 11 is 0. The number of H-pyrrole nitrogens is 1. The van der Waals surface area contributed by atoms with E-state index in [1.54, 1.807) is 0 Å². The third kappa shape index (κ3) is 2.88. The van der Waals surface area contributed by atoms with Gasteiger partial charge in [-0.25, -0.2) is 9.97 Å². The van der Waals surface area contributed by atoms with Crippen molar-refractivity contribution >= 4 is 17.1 Å². The lowest BCUT2D eigenvalue weighted by Gasteiger charge is -2.25. The molecule has 0 radical (unpaired) electrons. The molecule has 1 saturated heterocycles. The average Bonchev–Trinajstić information content (AvgIpc) is 3.15. The Labute approximate surface area is 148 Å². The minimum Gasteiger partial charge on any atom is -0.394 e. The van der Waals surface area contributed by atoms with E-state index in [-0.39, 0.29) is 17.2 Å².